The molecule has 5 nitrogen and oxygen atoms in total. The van der Waals surface area contributed by atoms with E-state index in [9.17, 15) is 14.4 Å². The number of carboxylic acid groups (broad SMARTS) is 1. The molecule has 0 aliphatic carbocycles. The molecule has 5 heteroatoms. The fourth-order valence-corrected chi connectivity index (χ4v) is 3.05. The van der Waals surface area contributed by atoms with Crippen molar-refractivity contribution in [3.63, 3.8) is 0 Å². The Hall–Kier alpha value is -1.91. The molecular formula is C21H33NO4. The van der Waals surface area contributed by atoms with Crippen molar-refractivity contribution in [3.05, 3.63) is 24.3 Å². The van der Waals surface area contributed by atoms with Gasteiger partial charge >= 0.3 is 5.97 Å². The number of carbonyl (C=O) groups excluding carboxylic acids is 2. The van der Waals surface area contributed by atoms with Gasteiger partial charge in [0.05, 0.1) is 6.04 Å². The minimum atomic E-state index is -0.784. The van der Waals surface area contributed by atoms with E-state index in [-0.39, 0.29) is 24.2 Å². The van der Waals surface area contributed by atoms with Crippen LogP contribution in [0.5, 0.6) is 0 Å². The molecule has 1 amide bonds. The highest BCUT2D eigenvalue weighted by molar-refractivity contribution is 5.89. The molecule has 0 unspecified atom stereocenters. The van der Waals surface area contributed by atoms with Gasteiger partial charge in [-0.3, -0.25) is 14.4 Å². The first-order valence-electron chi connectivity index (χ1n) is 9.77. The molecule has 26 heavy (non-hydrogen) atoms. The summed E-state index contributed by atoms with van der Waals surface area (Å²) in [4.78, 5) is 36.5. The van der Waals surface area contributed by atoms with Crippen molar-refractivity contribution in [1.29, 1.82) is 0 Å². The summed E-state index contributed by atoms with van der Waals surface area (Å²) in [5.41, 5.74) is 0. The number of hydrogen-bond donors (Lipinski definition) is 1. The second kappa shape index (κ2) is 12.4. The van der Waals surface area contributed by atoms with Crippen molar-refractivity contribution in [2.45, 2.75) is 77.7 Å². The molecule has 1 rings (SSSR count). The van der Waals surface area contributed by atoms with Crippen LogP contribution in [0, 0.1) is 5.92 Å². The van der Waals surface area contributed by atoms with Crippen LogP contribution < -0.4 is 0 Å². The predicted octanol–water partition coefficient (Wildman–Crippen LogP) is 4.13. The molecule has 0 aromatic heterocycles. The van der Waals surface area contributed by atoms with Crippen LogP contribution in [0.1, 0.15) is 71.6 Å². The van der Waals surface area contributed by atoms with E-state index in [0.29, 0.717) is 38.1 Å². The van der Waals surface area contributed by atoms with Gasteiger partial charge in [0.2, 0.25) is 5.91 Å². The molecule has 146 valence electrons. The van der Waals surface area contributed by atoms with Gasteiger partial charge in [0, 0.05) is 25.8 Å². The van der Waals surface area contributed by atoms with E-state index >= 15 is 0 Å². The van der Waals surface area contributed by atoms with Crippen molar-refractivity contribution >= 4 is 17.7 Å². The SMILES string of the molecule is CC(C)CCCC(=O)C=C[C@H]1CCCC(=O)N1CC=CCCCC(=O)O. The van der Waals surface area contributed by atoms with Crippen molar-refractivity contribution in [2.75, 3.05) is 6.54 Å². The summed E-state index contributed by atoms with van der Waals surface area (Å²) in [6.07, 6.45) is 13.7. The Labute approximate surface area is 157 Å². The monoisotopic (exact) mass is 363 g/mol. The van der Waals surface area contributed by atoms with Gasteiger partial charge in [-0.2, -0.15) is 0 Å². The molecule has 0 radical (unpaired) electrons. The Morgan fingerprint density at radius 3 is 2.69 bits per heavy atom. The highest BCUT2D eigenvalue weighted by atomic mass is 16.4. The van der Waals surface area contributed by atoms with Gasteiger partial charge in [0.15, 0.2) is 5.78 Å². The second-order valence-corrected chi connectivity index (χ2v) is 7.37. The van der Waals surface area contributed by atoms with E-state index < -0.39 is 5.97 Å². The van der Waals surface area contributed by atoms with Gasteiger partial charge in [-0.1, -0.05) is 38.5 Å². The molecule has 0 spiro atoms. The van der Waals surface area contributed by atoms with Crippen molar-refractivity contribution < 1.29 is 19.5 Å². The quantitative estimate of drug-likeness (QED) is 0.321. The van der Waals surface area contributed by atoms with E-state index in [4.69, 9.17) is 5.11 Å². The Balaban J connectivity index is 2.46. The summed E-state index contributed by atoms with van der Waals surface area (Å²) in [7, 11) is 0. The minimum Gasteiger partial charge on any atom is -0.481 e. The van der Waals surface area contributed by atoms with E-state index in [2.05, 4.69) is 13.8 Å². The number of nitrogens with zero attached hydrogens (tertiary/aromatic N) is 1. The summed E-state index contributed by atoms with van der Waals surface area (Å²) in [6.45, 7) is 4.82. The average Bonchev–Trinajstić information content (AvgIpc) is 2.57. The molecule has 1 aliphatic rings. The third-order valence-corrected chi connectivity index (χ3v) is 4.55. The highest BCUT2D eigenvalue weighted by Gasteiger charge is 2.25. The van der Waals surface area contributed by atoms with Crippen LogP contribution in [0.4, 0.5) is 0 Å². The lowest BCUT2D eigenvalue weighted by Gasteiger charge is -2.33. The van der Waals surface area contributed by atoms with E-state index in [1.807, 2.05) is 23.1 Å². The van der Waals surface area contributed by atoms with Crippen molar-refractivity contribution in [1.82, 2.24) is 4.90 Å². The lowest BCUT2D eigenvalue weighted by molar-refractivity contribution is -0.137. The Morgan fingerprint density at radius 2 is 2.00 bits per heavy atom. The summed E-state index contributed by atoms with van der Waals surface area (Å²) < 4.78 is 0. The maximum Gasteiger partial charge on any atom is 0.303 e. The number of amides is 1. The minimum absolute atomic E-state index is 0.0195. The first-order valence-corrected chi connectivity index (χ1v) is 9.77. The highest BCUT2D eigenvalue weighted by Crippen LogP contribution is 2.19. The lowest BCUT2D eigenvalue weighted by atomic mass is 9.99. The Bertz CT molecular complexity index is 522. The molecule has 1 saturated heterocycles. The van der Waals surface area contributed by atoms with Crippen molar-refractivity contribution in [3.8, 4) is 0 Å². The number of piperidine rings is 1. The smallest absolute Gasteiger partial charge is 0.303 e. The number of carboxylic acids is 1. The van der Waals surface area contributed by atoms with Gasteiger partial charge in [0.25, 0.3) is 0 Å². The van der Waals surface area contributed by atoms with Crippen LogP contribution in [0.2, 0.25) is 0 Å². The average molecular weight is 363 g/mol. The number of carbonyl (C=O) groups is 3. The maximum atomic E-state index is 12.2. The van der Waals surface area contributed by atoms with Crippen molar-refractivity contribution in [2.24, 2.45) is 5.92 Å². The number of ketones is 1. The molecule has 0 saturated carbocycles. The Kier molecular flexibility index (Phi) is 10.6. The molecule has 1 aliphatic heterocycles. The van der Waals surface area contributed by atoms with Gasteiger partial charge in [-0.05, 0) is 44.1 Å². The van der Waals surface area contributed by atoms with E-state index in [1.165, 1.54) is 0 Å². The molecule has 0 aromatic carbocycles. The van der Waals surface area contributed by atoms with Crippen LogP contribution >= 0.6 is 0 Å². The summed E-state index contributed by atoms with van der Waals surface area (Å²) >= 11 is 0. The topological polar surface area (TPSA) is 74.7 Å². The maximum absolute atomic E-state index is 12.2. The standard InChI is InChI=1S/C21H33NO4/c1-17(2)9-7-11-19(23)15-14-18-10-8-12-20(24)22(18)16-6-4-3-5-13-21(25)26/h4,6,14-15,17-18H,3,5,7-13,16H2,1-2H3,(H,25,26)/t18-/m1/s1. The molecule has 0 bridgehead atoms. The lowest BCUT2D eigenvalue weighted by Crippen LogP contribution is -2.42. The zero-order chi connectivity index (χ0) is 19.4. The second-order valence-electron chi connectivity index (χ2n) is 7.37. The fourth-order valence-electron chi connectivity index (χ4n) is 3.05. The fraction of sp³-hybridized carbons (Fsp3) is 0.667. The molecule has 0 aromatic rings. The summed E-state index contributed by atoms with van der Waals surface area (Å²) in [5, 5.41) is 8.62. The number of likely N-dealkylation sites (tertiary alicyclic amines) is 1. The van der Waals surface area contributed by atoms with Crippen LogP contribution in [0.25, 0.3) is 0 Å². The van der Waals surface area contributed by atoms with Crippen LogP contribution in [-0.2, 0) is 14.4 Å². The van der Waals surface area contributed by atoms with Crippen LogP contribution in [0.15, 0.2) is 24.3 Å². The first-order chi connectivity index (χ1) is 12.4. The largest absolute Gasteiger partial charge is 0.481 e. The number of aliphatic carboxylic acids is 1. The Morgan fingerprint density at radius 1 is 1.23 bits per heavy atom. The van der Waals surface area contributed by atoms with Gasteiger partial charge < -0.3 is 10.0 Å². The van der Waals surface area contributed by atoms with Crippen LogP contribution in [0.3, 0.4) is 0 Å². The zero-order valence-corrected chi connectivity index (χ0v) is 16.2. The van der Waals surface area contributed by atoms with Gasteiger partial charge in [-0.25, -0.2) is 0 Å². The third kappa shape index (κ3) is 9.54. The zero-order valence-electron chi connectivity index (χ0n) is 16.2. The van der Waals surface area contributed by atoms with E-state index in [0.717, 1.165) is 25.7 Å². The predicted molar refractivity (Wildman–Crippen MR) is 103 cm³/mol. The number of allylic oxidation sites excluding steroid dienone is 2. The summed E-state index contributed by atoms with van der Waals surface area (Å²) in [6, 6.07) is -0.0195. The van der Waals surface area contributed by atoms with Gasteiger partial charge in [-0.15, -0.1) is 0 Å². The molecule has 1 heterocycles. The molecular weight excluding hydrogens is 330 g/mol. The number of hydrogen-bond acceptors (Lipinski definition) is 3. The first kappa shape index (κ1) is 22.1. The van der Waals surface area contributed by atoms with Gasteiger partial charge in [0.1, 0.15) is 0 Å². The third-order valence-electron chi connectivity index (χ3n) is 4.55. The summed E-state index contributed by atoms with van der Waals surface area (Å²) in [5.74, 6) is 0.0783. The van der Waals surface area contributed by atoms with Crippen LogP contribution in [-0.4, -0.2) is 40.3 Å². The number of rotatable bonds is 12. The molecule has 1 fully saturated rings. The number of unbranched alkanes of at least 4 members (excludes halogenated alkanes) is 1. The molecule has 1 atom stereocenters. The van der Waals surface area contributed by atoms with E-state index in [1.54, 1.807) is 6.08 Å². The normalized spacial score (nSPS) is 18.3. The molecule has 1 N–H and O–H groups in total.